The molecule has 5 rings (SSSR count). The van der Waals surface area contributed by atoms with Crippen LogP contribution in [0.4, 0.5) is 4.79 Å². The number of aromatic nitrogens is 1. The van der Waals surface area contributed by atoms with E-state index in [-0.39, 0.29) is 37.1 Å². The Morgan fingerprint density at radius 2 is 1.72 bits per heavy atom. The highest BCUT2D eigenvalue weighted by Crippen LogP contribution is 2.53. The number of nitrogens with one attached hydrogen (secondary N) is 4. The van der Waals surface area contributed by atoms with Gasteiger partial charge in [-0.05, 0) is 93.3 Å². The van der Waals surface area contributed by atoms with E-state index in [2.05, 4.69) is 25.7 Å². The van der Waals surface area contributed by atoms with Gasteiger partial charge in [0.25, 0.3) is 0 Å². The zero-order valence-corrected chi connectivity index (χ0v) is 33.2. The number of benzene rings is 2. The molecule has 0 radical (unpaired) electrons. The third-order valence-corrected chi connectivity index (χ3v) is 11.7. The average Bonchev–Trinajstić information content (AvgIpc) is 4.16. The molecule has 18 heteroatoms. The summed E-state index contributed by atoms with van der Waals surface area (Å²) in [5.74, 6) is 0.330. The van der Waals surface area contributed by atoms with Crippen molar-refractivity contribution in [3.05, 3.63) is 77.1 Å². The van der Waals surface area contributed by atoms with Gasteiger partial charge in [0.15, 0.2) is 0 Å². The zero-order valence-electron chi connectivity index (χ0n) is 31.6. The Kier molecular flexibility index (Phi) is 15.6. The normalized spacial score (nSPS) is 17.5. The standard InChI is InChI=1S/C39H52ClN5O11S/c1-2-42-37(51)31(45-38(52)43-21-32(47)35(49)36(50)33(48)22-46)8-5-6-17-44-57(53,54)26-12-13-30(40)24(19-26)23-55-39(15-16-39)29-20-41-18-14-27(29)28-7-3-4-9-34(28)56-25-10-11-25/h3-4,7,9,12-14,18-20,25,31-33,35-36,44,46-50H,2,5-6,8,10-11,15-17,21-23H2,1H3,(H,42,51)(H2,43,45,52)/t31-,32+,33-,35-,36-/m1/s1. The van der Waals surface area contributed by atoms with Gasteiger partial charge >= 0.3 is 6.03 Å². The van der Waals surface area contributed by atoms with Crippen LogP contribution < -0.4 is 25.4 Å². The molecule has 2 saturated carbocycles. The zero-order chi connectivity index (χ0) is 41.2. The lowest BCUT2D eigenvalue weighted by molar-refractivity contribution is -0.123. The lowest BCUT2D eigenvalue weighted by Crippen LogP contribution is -2.53. The summed E-state index contributed by atoms with van der Waals surface area (Å²) in [4.78, 5) is 29.6. The van der Waals surface area contributed by atoms with Crippen LogP contribution >= 0.6 is 11.6 Å². The van der Waals surface area contributed by atoms with Crippen molar-refractivity contribution < 1.29 is 53.0 Å². The van der Waals surface area contributed by atoms with E-state index < -0.39 is 71.2 Å². The molecule has 1 heterocycles. The van der Waals surface area contributed by atoms with Gasteiger partial charge in [0.1, 0.15) is 30.1 Å². The number of amides is 3. The molecule has 0 aliphatic heterocycles. The number of hydrogen-bond donors (Lipinski definition) is 9. The summed E-state index contributed by atoms with van der Waals surface area (Å²) in [6.07, 6.45) is 1.05. The number of aliphatic hydroxyl groups is 5. The van der Waals surface area contributed by atoms with Crippen molar-refractivity contribution >= 4 is 33.6 Å². The molecular formula is C39H52ClN5O11S. The number of likely N-dealkylation sites (N-methyl/N-ethyl adjacent to an activating group) is 1. The van der Waals surface area contributed by atoms with Gasteiger partial charge in [-0.15, -0.1) is 0 Å². The first-order valence-electron chi connectivity index (χ1n) is 19.1. The summed E-state index contributed by atoms with van der Waals surface area (Å²) < 4.78 is 42.0. The molecule has 5 atom stereocenters. The van der Waals surface area contributed by atoms with Crippen LogP contribution in [0, 0.1) is 0 Å². The predicted octanol–water partition coefficient (Wildman–Crippen LogP) is 1.84. The molecule has 9 N–H and O–H groups in total. The number of unbranched alkanes of at least 4 members (excludes halogenated alkanes) is 1. The molecule has 2 aliphatic rings. The van der Waals surface area contributed by atoms with Crippen LogP contribution in [0.3, 0.4) is 0 Å². The van der Waals surface area contributed by atoms with Gasteiger partial charge in [0.05, 0.1) is 35.9 Å². The number of carbonyl (C=O) groups is 2. The monoisotopic (exact) mass is 833 g/mol. The second kappa shape index (κ2) is 20.2. The maximum absolute atomic E-state index is 13.3. The average molecular weight is 834 g/mol. The lowest BCUT2D eigenvalue weighted by atomic mass is 9.96. The first kappa shape index (κ1) is 44.2. The molecule has 312 valence electrons. The SMILES string of the molecule is CCNC(=O)[C@@H](CCCCNS(=O)(=O)c1ccc(Cl)c(COC2(c3cnccc3-c3ccccc3OC3CC3)CC2)c1)NC(=O)NC[C@H](O)[C@@H](O)[C@H](O)[C@H](O)CO. The Morgan fingerprint density at radius 3 is 2.42 bits per heavy atom. The van der Waals surface area contributed by atoms with Gasteiger partial charge in [-0.2, -0.15) is 0 Å². The fourth-order valence-electron chi connectivity index (χ4n) is 6.22. The van der Waals surface area contributed by atoms with E-state index in [1.54, 1.807) is 13.1 Å². The Balaban J connectivity index is 1.13. The van der Waals surface area contributed by atoms with Crippen molar-refractivity contribution in [1.29, 1.82) is 0 Å². The molecule has 0 spiro atoms. The molecule has 1 aromatic heterocycles. The topological polar surface area (TPSA) is 249 Å². The smallest absolute Gasteiger partial charge is 0.315 e. The number of nitrogens with zero attached hydrogens (tertiary/aromatic N) is 1. The third-order valence-electron chi connectivity index (χ3n) is 9.82. The summed E-state index contributed by atoms with van der Waals surface area (Å²) >= 11 is 6.54. The minimum absolute atomic E-state index is 0.00722. The first-order valence-corrected chi connectivity index (χ1v) is 20.9. The molecule has 0 unspecified atom stereocenters. The van der Waals surface area contributed by atoms with Crippen LogP contribution in [0.2, 0.25) is 5.02 Å². The lowest BCUT2D eigenvalue weighted by Gasteiger charge is -2.26. The summed E-state index contributed by atoms with van der Waals surface area (Å²) in [6, 6.07) is 12.4. The quantitative estimate of drug-likeness (QED) is 0.0622. The fraction of sp³-hybridized carbons (Fsp3) is 0.513. The number of halogens is 1. The predicted molar refractivity (Wildman–Crippen MR) is 210 cm³/mol. The van der Waals surface area contributed by atoms with Crippen LogP contribution in [-0.4, -0.2) is 114 Å². The maximum Gasteiger partial charge on any atom is 0.315 e. The number of rotatable bonds is 23. The number of para-hydroxylation sites is 1. The molecule has 2 fully saturated rings. The summed E-state index contributed by atoms with van der Waals surface area (Å²) in [5.41, 5.74) is 2.73. The van der Waals surface area contributed by atoms with Crippen LogP contribution in [0.25, 0.3) is 11.1 Å². The second-order valence-electron chi connectivity index (χ2n) is 14.3. The van der Waals surface area contributed by atoms with E-state index in [0.717, 1.165) is 48.1 Å². The Hall–Kier alpha value is -3.91. The molecule has 0 bridgehead atoms. The van der Waals surface area contributed by atoms with E-state index in [4.69, 9.17) is 26.2 Å². The van der Waals surface area contributed by atoms with Crippen LogP contribution in [0.5, 0.6) is 5.75 Å². The summed E-state index contributed by atoms with van der Waals surface area (Å²) in [6.45, 7) is 0.702. The van der Waals surface area contributed by atoms with E-state index >= 15 is 0 Å². The highest BCUT2D eigenvalue weighted by atomic mass is 35.5. The minimum atomic E-state index is -3.96. The van der Waals surface area contributed by atoms with Crippen molar-refractivity contribution in [3.8, 4) is 16.9 Å². The summed E-state index contributed by atoms with van der Waals surface area (Å²) in [5, 5.41) is 55.9. The molecule has 57 heavy (non-hydrogen) atoms. The van der Waals surface area contributed by atoms with E-state index in [1.165, 1.54) is 18.2 Å². The number of hydrogen-bond acceptors (Lipinski definition) is 12. The van der Waals surface area contributed by atoms with E-state index in [1.807, 2.05) is 36.5 Å². The van der Waals surface area contributed by atoms with Crippen molar-refractivity contribution in [2.75, 3.05) is 26.2 Å². The molecule has 2 aromatic carbocycles. The van der Waals surface area contributed by atoms with E-state index in [0.29, 0.717) is 23.4 Å². The van der Waals surface area contributed by atoms with Gasteiger partial charge in [-0.25, -0.2) is 17.9 Å². The first-order chi connectivity index (χ1) is 27.3. The Bertz CT molecular complexity index is 1930. The largest absolute Gasteiger partial charge is 0.490 e. The van der Waals surface area contributed by atoms with E-state index in [9.17, 15) is 38.4 Å². The van der Waals surface area contributed by atoms with Crippen LogP contribution in [0.15, 0.2) is 65.8 Å². The molecule has 2 aliphatic carbocycles. The maximum atomic E-state index is 13.3. The molecule has 3 amide bonds. The number of ether oxygens (including phenoxy) is 2. The van der Waals surface area contributed by atoms with Crippen LogP contribution in [0.1, 0.15) is 63.0 Å². The molecular weight excluding hydrogens is 782 g/mol. The number of carbonyl (C=O) groups excluding carboxylic acids is 2. The third kappa shape index (κ3) is 12.1. The molecule has 3 aromatic rings. The highest BCUT2D eigenvalue weighted by molar-refractivity contribution is 7.89. The molecule has 16 nitrogen and oxygen atoms in total. The van der Waals surface area contributed by atoms with Gasteiger partial charge < -0.3 is 51.0 Å². The van der Waals surface area contributed by atoms with Gasteiger partial charge in [-0.3, -0.25) is 9.78 Å². The highest BCUT2D eigenvalue weighted by Gasteiger charge is 2.48. The van der Waals surface area contributed by atoms with Crippen molar-refractivity contribution in [2.45, 2.75) is 106 Å². The number of pyridine rings is 1. The number of aliphatic hydroxyl groups excluding tert-OH is 5. The minimum Gasteiger partial charge on any atom is -0.490 e. The Labute approximate surface area is 337 Å². The van der Waals surface area contributed by atoms with Crippen LogP contribution in [-0.2, 0) is 31.8 Å². The number of urea groups is 1. The summed E-state index contributed by atoms with van der Waals surface area (Å²) in [7, 11) is -3.96. The molecule has 0 saturated heterocycles. The number of sulfonamides is 1. The fourth-order valence-corrected chi connectivity index (χ4v) is 7.52. The van der Waals surface area contributed by atoms with Gasteiger partial charge in [-0.1, -0.05) is 29.8 Å². The Morgan fingerprint density at radius 1 is 0.982 bits per heavy atom. The van der Waals surface area contributed by atoms with Crippen molar-refractivity contribution in [3.63, 3.8) is 0 Å². The van der Waals surface area contributed by atoms with Gasteiger partial charge in [0.2, 0.25) is 15.9 Å². The van der Waals surface area contributed by atoms with Crippen molar-refractivity contribution in [2.24, 2.45) is 0 Å². The van der Waals surface area contributed by atoms with Gasteiger partial charge in [0, 0.05) is 48.2 Å². The second-order valence-corrected chi connectivity index (χ2v) is 16.4. The van der Waals surface area contributed by atoms with Crippen molar-refractivity contribution in [1.82, 2.24) is 25.7 Å².